The lowest BCUT2D eigenvalue weighted by Gasteiger charge is -2.25. The Kier molecular flexibility index (Phi) is 9.26. The molecule has 6 nitrogen and oxygen atoms in total. The van der Waals surface area contributed by atoms with E-state index in [0.717, 1.165) is 41.1 Å². The van der Waals surface area contributed by atoms with Gasteiger partial charge in [-0.1, -0.05) is 63.1 Å². The zero-order valence-corrected chi connectivity index (χ0v) is 21.2. The highest BCUT2D eigenvalue weighted by Crippen LogP contribution is 2.32. The van der Waals surface area contributed by atoms with Gasteiger partial charge in [0.2, 0.25) is 0 Å². The summed E-state index contributed by atoms with van der Waals surface area (Å²) in [4.78, 5) is 7.08. The second-order valence-electron chi connectivity index (χ2n) is 8.74. The second-order valence-corrected chi connectivity index (χ2v) is 8.74. The molecule has 0 aliphatic carbocycles. The lowest BCUT2D eigenvalue weighted by molar-refractivity contribution is 0.347. The highest BCUT2D eigenvalue weighted by Gasteiger charge is 2.10. The monoisotopic (exact) mass is 481 g/mol. The molecule has 1 aromatic heterocycles. The minimum atomic E-state index is 0.328. The van der Waals surface area contributed by atoms with Crippen LogP contribution in [0.25, 0.3) is 10.9 Å². The van der Waals surface area contributed by atoms with Crippen LogP contribution >= 0.6 is 0 Å². The number of nitrogens with one attached hydrogen (secondary N) is 1. The predicted molar refractivity (Wildman–Crippen MR) is 150 cm³/mol. The maximum atomic E-state index is 5.90. The van der Waals surface area contributed by atoms with Crippen molar-refractivity contribution in [1.82, 2.24) is 4.98 Å². The molecule has 1 heterocycles. The largest absolute Gasteiger partial charge is 0.473 e. The fraction of sp³-hybridized carbons (Fsp3) is 0.300. The van der Waals surface area contributed by atoms with E-state index >= 15 is 0 Å². The van der Waals surface area contributed by atoms with Crippen LogP contribution in [-0.4, -0.2) is 24.8 Å². The van der Waals surface area contributed by atoms with E-state index in [9.17, 15) is 0 Å². The van der Waals surface area contributed by atoms with E-state index < -0.39 is 0 Å². The normalized spacial score (nSPS) is 11.2. The van der Waals surface area contributed by atoms with Crippen molar-refractivity contribution in [3.8, 4) is 5.75 Å². The minimum absolute atomic E-state index is 0.328. The first-order valence-electron chi connectivity index (χ1n) is 12.8. The van der Waals surface area contributed by atoms with Crippen molar-refractivity contribution in [1.29, 1.82) is 0 Å². The highest BCUT2D eigenvalue weighted by molar-refractivity contribution is 5.79. The lowest BCUT2D eigenvalue weighted by atomic mass is 10.2. The summed E-state index contributed by atoms with van der Waals surface area (Å²) in [5, 5.41) is 13.5. The van der Waals surface area contributed by atoms with E-state index in [1.165, 1.54) is 31.4 Å². The van der Waals surface area contributed by atoms with Crippen molar-refractivity contribution < 1.29 is 4.74 Å². The van der Waals surface area contributed by atoms with E-state index in [1.807, 2.05) is 72.8 Å². The molecule has 6 heteroatoms. The molecular formula is C30H35N5O. The Morgan fingerprint density at radius 1 is 0.806 bits per heavy atom. The van der Waals surface area contributed by atoms with Crippen molar-refractivity contribution in [3.05, 3.63) is 84.9 Å². The number of benzene rings is 3. The average molecular weight is 482 g/mol. The first kappa shape index (κ1) is 25.2. The van der Waals surface area contributed by atoms with Gasteiger partial charge in [-0.2, -0.15) is 0 Å². The van der Waals surface area contributed by atoms with Crippen LogP contribution < -0.4 is 15.0 Å². The van der Waals surface area contributed by atoms with Gasteiger partial charge in [0.05, 0.1) is 11.2 Å². The molecule has 0 saturated heterocycles. The van der Waals surface area contributed by atoms with E-state index in [4.69, 9.17) is 4.74 Å². The number of nitrogens with zero attached hydrogens (tertiary/aromatic N) is 4. The number of hydrogen-bond donors (Lipinski definition) is 1. The number of azo groups is 1. The summed E-state index contributed by atoms with van der Waals surface area (Å²) in [6.07, 6.45) is 4.67. The molecule has 0 bridgehead atoms. The molecule has 4 rings (SSSR count). The van der Waals surface area contributed by atoms with E-state index in [0.29, 0.717) is 12.5 Å². The third-order valence-corrected chi connectivity index (χ3v) is 6.00. The zero-order valence-electron chi connectivity index (χ0n) is 21.2. The lowest BCUT2D eigenvalue weighted by Crippen LogP contribution is -2.25. The summed E-state index contributed by atoms with van der Waals surface area (Å²) in [7, 11) is 0. The fourth-order valence-electron chi connectivity index (χ4n) is 3.95. The maximum absolute atomic E-state index is 5.90. The van der Waals surface area contributed by atoms with Gasteiger partial charge in [-0.3, -0.25) is 0 Å². The molecule has 3 aromatic carbocycles. The molecule has 0 radical (unpaired) electrons. The van der Waals surface area contributed by atoms with Crippen LogP contribution in [0.4, 0.5) is 22.9 Å². The van der Waals surface area contributed by atoms with Crippen molar-refractivity contribution in [3.63, 3.8) is 0 Å². The van der Waals surface area contributed by atoms with Gasteiger partial charge < -0.3 is 15.0 Å². The topological polar surface area (TPSA) is 62.1 Å². The van der Waals surface area contributed by atoms with Crippen LogP contribution in [0.1, 0.15) is 39.5 Å². The Hall–Kier alpha value is -3.93. The number of para-hydroxylation sites is 2. The molecule has 4 aromatic rings. The summed E-state index contributed by atoms with van der Waals surface area (Å²) < 4.78 is 5.90. The third kappa shape index (κ3) is 7.04. The standard InChI is InChI=1S/C30H35N5O/c1-3-5-20-35(21-6-4-2)25-17-18-28(29(22-25)31-23-36-26-13-8-7-9-14-26)33-34-30-19-16-24-12-10-11-15-27(24)32-30/h7-19,22,31H,3-6,20-21,23H2,1-2H3. The van der Waals surface area contributed by atoms with Crippen LogP contribution in [0.2, 0.25) is 0 Å². The van der Waals surface area contributed by atoms with Crippen molar-refractivity contribution in [2.75, 3.05) is 30.0 Å². The number of pyridine rings is 1. The van der Waals surface area contributed by atoms with Gasteiger partial charge >= 0.3 is 0 Å². The summed E-state index contributed by atoms with van der Waals surface area (Å²) >= 11 is 0. The van der Waals surface area contributed by atoms with Crippen LogP contribution in [0.5, 0.6) is 5.75 Å². The van der Waals surface area contributed by atoms with Crippen LogP contribution in [-0.2, 0) is 0 Å². The average Bonchev–Trinajstić information content (AvgIpc) is 2.93. The first-order valence-corrected chi connectivity index (χ1v) is 12.8. The van der Waals surface area contributed by atoms with Gasteiger partial charge in [-0.15, -0.1) is 10.2 Å². The molecule has 186 valence electrons. The van der Waals surface area contributed by atoms with Gasteiger partial charge in [-0.05, 0) is 61.4 Å². The van der Waals surface area contributed by atoms with Crippen molar-refractivity contribution >= 4 is 33.8 Å². The molecule has 0 aliphatic heterocycles. The number of aromatic nitrogens is 1. The summed E-state index contributed by atoms with van der Waals surface area (Å²) in [5.41, 5.74) is 3.71. The quantitative estimate of drug-likeness (QED) is 0.154. The molecule has 0 atom stereocenters. The number of hydrogen-bond acceptors (Lipinski definition) is 6. The number of anilines is 2. The van der Waals surface area contributed by atoms with E-state index in [1.54, 1.807) is 0 Å². The molecule has 0 aliphatic rings. The molecule has 36 heavy (non-hydrogen) atoms. The van der Waals surface area contributed by atoms with E-state index in [-0.39, 0.29) is 0 Å². The second kappa shape index (κ2) is 13.2. The Balaban J connectivity index is 1.58. The summed E-state index contributed by atoms with van der Waals surface area (Å²) in [6.45, 7) is 6.87. The summed E-state index contributed by atoms with van der Waals surface area (Å²) in [6, 6.07) is 28.0. The van der Waals surface area contributed by atoms with Crippen LogP contribution in [0.3, 0.4) is 0 Å². The molecule has 0 amide bonds. The Labute approximate surface area is 214 Å². The molecule has 0 spiro atoms. The Morgan fingerprint density at radius 2 is 1.56 bits per heavy atom. The van der Waals surface area contributed by atoms with Crippen LogP contribution in [0, 0.1) is 0 Å². The SMILES string of the molecule is CCCCN(CCCC)c1ccc(N=Nc2ccc3ccccc3n2)c(NCOc2ccccc2)c1. The molecule has 0 unspecified atom stereocenters. The Morgan fingerprint density at radius 3 is 2.33 bits per heavy atom. The van der Waals surface area contributed by atoms with Gasteiger partial charge in [0, 0.05) is 24.2 Å². The van der Waals surface area contributed by atoms with Gasteiger partial charge in [0.1, 0.15) is 11.4 Å². The number of unbranched alkanes of at least 4 members (excludes halogenated alkanes) is 2. The van der Waals surface area contributed by atoms with Gasteiger partial charge in [0.15, 0.2) is 12.5 Å². The Bertz CT molecular complexity index is 1250. The number of rotatable bonds is 13. The van der Waals surface area contributed by atoms with Crippen LogP contribution in [0.15, 0.2) is 95.2 Å². The predicted octanol–water partition coefficient (Wildman–Crippen LogP) is 8.51. The third-order valence-electron chi connectivity index (χ3n) is 6.00. The highest BCUT2D eigenvalue weighted by atomic mass is 16.5. The molecule has 0 saturated carbocycles. The smallest absolute Gasteiger partial charge is 0.174 e. The van der Waals surface area contributed by atoms with Crippen molar-refractivity contribution in [2.24, 2.45) is 10.2 Å². The number of ether oxygens (including phenoxy) is 1. The molecule has 1 N–H and O–H groups in total. The first-order chi connectivity index (χ1) is 17.8. The van der Waals surface area contributed by atoms with E-state index in [2.05, 4.69) is 51.4 Å². The van der Waals surface area contributed by atoms with Gasteiger partial charge in [0.25, 0.3) is 0 Å². The minimum Gasteiger partial charge on any atom is -0.473 e. The molecule has 0 fully saturated rings. The number of fused-ring (bicyclic) bond motifs is 1. The molecular weight excluding hydrogens is 446 g/mol. The maximum Gasteiger partial charge on any atom is 0.174 e. The zero-order chi connectivity index (χ0) is 25.0. The van der Waals surface area contributed by atoms with Crippen molar-refractivity contribution in [2.45, 2.75) is 39.5 Å². The fourth-order valence-corrected chi connectivity index (χ4v) is 3.95. The van der Waals surface area contributed by atoms with Gasteiger partial charge in [-0.25, -0.2) is 4.98 Å². The summed E-state index contributed by atoms with van der Waals surface area (Å²) in [5.74, 6) is 1.40.